The molecule has 0 saturated heterocycles. The number of hydrogen-bond acceptors (Lipinski definition) is 5. The molecule has 18 heavy (non-hydrogen) atoms. The first-order chi connectivity index (χ1) is 8.74. The smallest absolute Gasteiger partial charge is 0.263 e. The van der Waals surface area contributed by atoms with Gasteiger partial charge in [-0.2, -0.15) is 0 Å². The van der Waals surface area contributed by atoms with Crippen LogP contribution in [0.4, 0.5) is 10.7 Å². The zero-order valence-corrected chi connectivity index (χ0v) is 11.4. The number of nitrogens with one attached hydrogen (secondary N) is 1. The highest BCUT2D eigenvalue weighted by Gasteiger charge is 2.08. The van der Waals surface area contributed by atoms with E-state index in [4.69, 9.17) is 11.6 Å². The molecule has 0 atom stereocenters. The average Bonchev–Trinajstić information content (AvgIpc) is 2.71. The van der Waals surface area contributed by atoms with Crippen molar-refractivity contribution in [1.82, 2.24) is 4.98 Å². The van der Waals surface area contributed by atoms with Gasteiger partial charge in [-0.1, -0.05) is 28.0 Å². The van der Waals surface area contributed by atoms with Gasteiger partial charge in [0.05, 0.1) is 5.52 Å². The Kier molecular flexibility index (Phi) is 3.03. The fourth-order valence-electron chi connectivity index (χ4n) is 1.61. The fraction of sp³-hybridized carbons (Fsp3) is 0. The molecule has 0 spiro atoms. The first-order valence-electron chi connectivity index (χ1n) is 5.14. The third-order valence-electron chi connectivity index (χ3n) is 2.44. The summed E-state index contributed by atoms with van der Waals surface area (Å²) in [5, 5.41) is 5.15. The summed E-state index contributed by atoms with van der Waals surface area (Å²) >= 11 is 5.91. The molecule has 0 aliphatic rings. The van der Waals surface area contributed by atoms with E-state index < -0.39 is 0 Å². The van der Waals surface area contributed by atoms with Crippen LogP contribution in [0.3, 0.4) is 0 Å². The molecule has 0 amide bonds. The predicted molar refractivity (Wildman–Crippen MR) is 78.5 cm³/mol. The first-order valence-corrected chi connectivity index (χ1v) is 7.67. The quantitative estimate of drug-likeness (QED) is 0.723. The molecule has 90 valence electrons. The lowest BCUT2D eigenvalue weighted by molar-refractivity contribution is 1.41. The monoisotopic (exact) mass is 294 g/mol. The zero-order valence-electron chi connectivity index (χ0n) is 9.01. The van der Waals surface area contributed by atoms with Crippen LogP contribution >= 0.6 is 32.3 Å². The highest BCUT2D eigenvalue weighted by atomic mass is 35.5. The Labute approximate surface area is 115 Å². The molecule has 0 saturated carbocycles. The maximum atomic E-state index is 11.3. The summed E-state index contributed by atoms with van der Waals surface area (Å²) in [7, 11) is 2.48. The summed E-state index contributed by atoms with van der Waals surface area (Å²) < 4.78 is -0.105. The van der Waals surface area contributed by atoms with Gasteiger partial charge in [-0.25, -0.2) is 0 Å². The summed E-state index contributed by atoms with van der Waals surface area (Å²) in [6.07, 6.45) is 1.76. The molecule has 0 aliphatic heterocycles. The van der Waals surface area contributed by atoms with Crippen molar-refractivity contribution in [3.05, 3.63) is 51.1 Å². The summed E-state index contributed by atoms with van der Waals surface area (Å²) in [6, 6.07) is 9.71. The molecule has 0 radical (unpaired) electrons. The summed E-state index contributed by atoms with van der Waals surface area (Å²) in [5.41, 5.74) is 1.83. The second kappa shape index (κ2) is 4.68. The van der Waals surface area contributed by atoms with Crippen molar-refractivity contribution in [3.8, 4) is 0 Å². The predicted octanol–water partition coefficient (Wildman–Crippen LogP) is 4.12. The molecule has 2 aromatic heterocycles. The lowest BCUT2D eigenvalue weighted by Crippen LogP contribution is -1.93. The Hall–Kier alpha value is -1.43. The first kappa shape index (κ1) is 11.6. The maximum absolute atomic E-state index is 11.3. The van der Waals surface area contributed by atoms with Crippen molar-refractivity contribution in [2.24, 2.45) is 0 Å². The van der Waals surface area contributed by atoms with E-state index in [1.165, 1.54) is 10.3 Å². The minimum atomic E-state index is -0.105. The normalized spacial score (nSPS) is 10.7. The Bertz CT molecular complexity index is 766. The lowest BCUT2D eigenvalue weighted by atomic mass is 10.2. The number of anilines is 2. The Morgan fingerprint density at radius 3 is 2.89 bits per heavy atom. The molecule has 0 unspecified atom stereocenters. The van der Waals surface area contributed by atoms with Crippen LogP contribution in [-0.4, -0.2) is 4.98 Å². The molecular formula is C12H7ClN2OS2. The summed E-state index contributed by atoms with van der Waals surface area (Å²) in [5.74, 6) is 0. The molecule has 6 heteroatoms. The lowest BCUT2D eigenvalue weighted by Gasteiger charge is -2.04. The second-order valence-electron chi connectivity index (χ2n) is 3.63. The van der Waals surface area contributed by atoms with E-state index in [2.05, 4.69) is 10.3 Å². The van der Waals surface area contributed by atoms with Gasteiger partial charge in [-0.05, 0) is 34.6 Å². The third-order valence-corrected chi connectivity index (χ3v) is 5.14. The van der Waals surface area contributed by atoms with Crippen LogP contribution in [0, 0.1) is 0 Å². The minimum absolute atomic E-state index is 0.105. The standard InChI is InChI=1S/C12H7ClN2OS2/c13-10-11(17-18-12(10)16)15-8-3-4-9-7(6-8)2-1-5-14-9/h1-6,15H. The van der Waals surface area contributed by atoms with E-state index in [0.29, 0.717) is 5.00 Å². The van der Waals surface area contributed by atoms with Crippen LogP contribution in [0.1, 0.15) is 0 Å². The third kappa shape index (κ3) is 2.12. The topological polar surface area (TPSA) is 42.0 Å². The number of fused-ring (bicyclic) bond motifs is 1. The number of rotatable bonds is 2. The summed E-state index contributed by atoms with van der Waals surface area (Å²) in [4.78, 5) is 15.5. The number of aromatic nitrogens is 1. The minimum Gasteiger partial charge on any atom is -0.345 e. The maximum Gasteiger partial charge on any atom is 0.263 e. The average molecular weight is 295 g/mol. The van der Waals surface area contributed by atoms with Gasteiger partial charge in [0.25, 0.3) is 4.74 Å². The van der Waals surface area contributed by atoms with Crippen molar-refractivity contribution in [1.29, 1.82) is 0 Å². The van der Waals surface area contributed by atoms with Gasteiger partial charge in [0.1, 0.15) is 10.0 Å². The van der Waals surface area contributed by atoms with Crippen molar-refractivity contribution in [3.63, 3.8) is 0 Å². The second-order valence-corrected chi connectivity index (χ2v) is 6.12. The van der Waals surface area contributed by atoms with Crippen molar-refractivity contribution >= 4 is 53.9 Å². The van der Waals surface area contributed by atoms with Crippen LogP contribution in [0.15, 0.2) is 41.3 Å². The van der Waals surface area contributed by atoms with Gasteiger partial charge in [0.2, 0.25) is 0 Å². The van der Waals surface area contributed by atoms with Crippen LogP contribution in [0.2, 0.25) is 5.02 Å². The van der Waals surface area contributed by atoms with Crippen LogP contribution in [0.25, 0.3) is 10.9 Å². The molecule has 0 bridgehead atoms. The van der Waals surface area contributed by atoms with Gasteiger partial charge in [-0.15, -0.1) is 0 Å². The highest BCUT2D eigenvalue weighted by molar-refractivity contribution is 7.70. The fourth-order valence-corrected chi connectivity index (χ4v) is 3.99. The van der Waals surface area contributed by atoms with Crippen LogP contribution in [-0.2, 0) is 0 Å². The Morgan fingerprint density at radius 2 is 2.11 bits per heavy atom. The number of nitrogens with zero attached hydrogens (tertiary/aromatic N) is 1. The molecular weight excluding hydrogens is 288 g/mol. The van der Waals surface area contributed by atoms with Crippen LogP contribution in [0.5, 0.6) is 0 Å². The molecule has 3 aromatic rings. The number of benzene rings is 1. The molecule has 0 fully saturated rings. The molecule has 1 N–H and O–H groups in total. The summed E-state index contributed by atoms with van der Waals surface area (Å²) in [6.45, 7) is 0. The zero-order chi connectivity index (χ0) is 12.5. The van der Waals surface area contributed by atoms with Gasteiger partial charge < -0.3 is 5.32 Å². The molecule has 3 nitrogen and oxygen atoms in total. The van der Waals surface area contributed by atoms with Gasteiger partial charge in [0, 0.05) is 17.3 Å². The SMILES string of the molecule is O=c1ssc(Nc2ccc3ncccc3c2)c1Cl. The van der Waals surface area contributed by atoms with E-state index in [0.717, 1.165) is 26.9 Å². The Balaban J connectivity index is 2.00. The highest BCUT2D eigenvalue weighted by Crippen LogP contribution is 2.31. The van der Waals surface area contributed by atoms with E-state index in [1.54, 1.807) is 6.20 Å². The largest absolute Gasteiger partial charge is 0.345 e. The number of hydrogen-bond donors (Lipinski definition) is 1. The molecule has 2 heterocycles. The number of pyridine rings is 1. The van der Waals surface area contributed by atoms with E-state index in [9.17, 15) is 4.79 Å². The van der Waals surface area contributed by atoms with Gasteiger partial charge in [-0.3, -0.25) is 9.78 Å². The van der Waals surface area contributed by atoms with E-state index >= 15 is 0 Å². The Morgan fingerprint density at radius 1 is 1.22 bits per heavy atom. The molecule has 3 rings (SSSR count). The van der Waals surface area contributed by atoms with Gasteiger partial charge in [0.15, 0.2) is 0 Å². The van der Waals surface area contributed by atoms with Crippen LogP contribution < -0.4 is 10.1 Å². The molecule has 0 aliphatic carbocycles. The number of halogens is 1. The van der Waals surface area contributed by atoms with Gasteiger partial charge >= 0.3 is 0 Å². The molecule has 1 aromatic carbocycles. The van der Waals surface area contributed by atoms with E-state index in [1.807, 2.05) is 30.3 Å². The van der Waals surface area contributed by atoms with Crippen molar-refractivity contribution in [2.45, 2.75) is 0 Å². The van der Waals surface area contributed by atoms with E-state index in [-0.39, 0.29) is 9.77 Å². The van der Waals surface area contributed by atoms with Crippen molar-refractivity contribution < 1.29 is 0 Å². The van der Waals surface area contributed by atoms with Crippen molar-refractivity contribution in [2.75, 3.05) is 5.32 Å².